The molecule has 0 aliphatic heterocycles. The first kappa shape index (κ1) is 19.2. The highest BCUT2D eigenvalue weighted by Crippen LogP contribution is 2.21. The number of aryl methyl sites for hydroxylation is 1. The van der Waals surface area contributed by atoms with E-state index in [4.69, 9.17) is 4.74 Å². The largest absolute Gasteiger partial charge is 0.497 e. The zero-order valence-corrected chi connectivity index (χ0v) is 16.4. The summed E-state index contributed by atoms with van der Waals surface area (Å²) in [5.41, 5.74) is 2.85. The minimum absolute atomic E-state index is 0.287. The number of carbonyl (C=O) groups is 1. The van der Waals surface area contributed by atoms with Crippen molar-refractivity contribution in [3.8, 4) is 5.75 Å². The molecule has 3 aromatic rings. The molecule has 1 heterocycles. The number of carbonyl (C=O) groups excluding carboxylic acids is 1. The number of methoxy groups -OCH3 is 1. The quantitative estimate of drug-likeness (QED) is 0.679. The number of anilines is 4. The first-order valence-corrected chi connectivity index (χ1v) is 8.80. The van der Waals surface area contributed by atoms with Gasteiger partial charge < -0.3 is 20.3 Å². The van der Waals surface area contributed by atoms with Gasteiger partial charge in [0.25, 0.3) is 5.91 Å². The molecule has 0 unspecified atom stereocenters. The van der Waals surface area contributed by atoms with E-state index in [9.17, 15) is 4.79 Å². The fourth-order valence-electron chi connectivity index (χ4n) is 2.63. The van der Waals surface area contributed by atoms with E-state index in [1.54, 1.807) is 20.1 Å². The lowest BCUT2D eigenvalue weighted by Crippen LogP contribution is -2.15. The number of rotatable bonds is 6. The van der Waals surface area contributed by atoms with Crippen molar-refractivity contribution in [1.29, 1.82) is 0 Å². The van der Waals surface area contributed by atoms with E-state index >= 15 is 0 Å². The molecule has 28 heavy (non-hydrogen) atoms. The van der Waals surface area contributed by atoms with Crippen LogP contribution >= 0.6 is 0 Å². The number of hydrogen-bond donors (Lipinski definition) is 2. The van der Waals surface area contributed by atoms with Gasteiger partial charge in [0.1, 0.15) is 23.1 Å². The van der Waals surface area contributed by atoms with Crippen LogP contribution in [0.3, 0.4) is 0 Å². The summed E-state index contributed by atoms with van der Waals surface area (Å²) in [5, 5.41) is 6.05. The molecular weight excluding hydrogens is 354 g/mol. The van der Waals surface area contributed by atoms with Crippen LogP contribution < -0.4 is 20.3 Å². The average Bonchev–Trinajstić information content (AvgIpc) is 2.68. The van der Waals surface area contributed by atoms with Crippen molar-refractivity contribution in [3.63, 3.8) is 0 Å². The second-order valence-electron chi connectivity index (χ2n) is 6.44. The van der Waals surface area contributed by atoms with Gasteiger partial charge in [0.05, 0.1) is 7.11 Å². The van der Waals surface area contributed by atoms with Crippen molar-refractivity contribution in [1.82, 2.24) is 9.97 Å². The van der Waals surface area contributed by atoms with Crippen molar-refractivity contribution in [2.75, 3.05) is 36.7 Å². The number of nitrogens with one attached hydrogen (secondary N) is 2. The van der Waals surface area contributed by atoms with Gasteiger partial charge in [-0.3, -0.25) is 4.79 Å². The molecular formula is C21H23N5O2. The van der Waals surface area contributed by atoms with Crippen LogP contribution in [0.1, 0.15) is 16.3 Å². The molecule has 0 aliphatic rings. The maximum absolute atomic E-state index is 12.6. The summed E-state index contributed by atoms with van der Waals surface area (Å²) in [6.07, 6.45) is 0. The first-order valence-electron chi connectivity index (χ1n) is 8.80. The van der Waals surface area contributed by atoms with Crippen LogP contribution in [0.2, 0.25) is 0 Å². The predicted molar refractivity (Wildman–Crippen MR) is 112 cm³/mol. The topological polar surface area (TPSA) is 79.4 Å². The lowest BCUT2D eigenvalue weighted by atomic mass is 10.2. The van der Waals surface area contributed by atoms with E-state index in [0.29, 0.717) is 17.3 Å². The molecule has 2 aromatic carbocycles. The maximum atomic E-state index is 12.6. The number of nitrogens with zero attached hydrogens (tertiary/aromatic N) is 3. The minimum atomic E-state index is -0.295. The van der Waals surface area contributed by atoms with E-state index in [-0.39, 0.29) is 11.6 Å². The zero-order valence-electron chi connectivity index (χ0n) is 16.4. The Kier molecular flexibility index (Phi) is 5.74. The van der Waals surface area contributed by atoms with Gasteiger partial charge in [-0.05, 0) is 43.3 Å². The number of aromatic nitrogens is 2. The lowest BCUT2D eigenvalue weighted by molar-refractivity contribution is 0.102. The van der Waals surface area contributed by atoms with Crippen LogP contribution in [0, 0.1) is 6.92 Å². The summed E-state index contributed by atoms with van der Waals surface area (Å²) in [5.74, 6) is 1.47. The van der Waals surface area contributed by atoms with E-state index in [0.717, 1.165) is 17.1 Å². The fraction of sp³-hybridized carbons (Fsp3) is 0.190. The molecule has 7 nitrogen and oxygen atoms in total. The van der Waals surface area contributed by atoms with Crippen molar-refractivity contribution in [2.24, 2.45) is 0 Å². The summed E-state index contributed by atoms with van der Waals surface area (Å²) in [6.45, 7) is 1.75. The van der Waals surface area contributed by atoms with Gasteiger partial charge in [-0.15, -0.1) is 0 Å². The maximum Gasteiger partial charge on any atom is 0.274 e. The molecule has 144 valence electrons. The molecule has 0 spiro atoms. The third-order valence-electron chi connectivity index (χ3n) is 4.05. The number of hydrogen-bond acceptors (Lipinski definition) is 6. The third kappa shape index (κ3) is 4.76. The molecule has 0 radical (unpaired) electrons. The van der Waals surface area contributed by atoms with Gasteiger partial charge >= 0.3 is 0 Å². The summed E-state index contributed by atoms with van der Waals surface area (Å²) in [6, 6.07) is 16.7. The van der Waals surface area contributed by atoms with E-state index in [1.165, 1.54) is 0 Å². The molecule has 2 N–H and O–H groups in total. The van der Waals surface area contributed by atoms with Crippen molar-refractivity contribution >= 4 is 28.8 Å². The van der Waals surface area contributed by atoms with Crippen LogP contribution in [-0.4, -0.2) is 37.1 Å². The summed E-state index contributed by atoms with van der Waals surface area (Å²) in [4.78, 5) is 23.2. The average molecular weight is 377 g/mol. The standard InChI is InChI=1S/C21H23N5O2/c1-14-22-19(21(27)25-15-8-10-17(11-9-15)26(2)3)13-20(23-14)24-16-6-5-7-18(12-16)28-4/h5-13H,1-4H3,(H,25,27)(H,22,23,24). The molecule has 0 saturated carbocycles. The molecule has 0 aliphatic carbocycles. The molecule has 0 fully saturated rings. The van der Waals surface area contributed by atoms with Gasteiger partial charge in [-0.1, -0.05) is 6.07 Å². The van der Waals surface area contributed by atoms with Crippen molar-refractivity contribution in [2.45, 2.75) is 6.92 Å². The minimum Gasteiger partial charge on any atom is -0.497 e. The van der Waals surface area contributed by atoms with Crippen LogP contribution in [-0.2, 0) is 0 Å². The molecule has 1 amide bonds. The van der Waals surface area contributed by atoms with Gasteiger partial charge in [0.2, 0.25) is 0 Å². The van der Waals surface area contributed by atoms with Crippen LogP contribution in [0.15, 0.2) is 54.6 Å². The van der Waals surface area contributed by atoms with E-state index in [2.05, 4.69) is 20.6 Å². The molecule has 0 saturated heterocycles. The van der Waals surface area contributed by atoms with Crippen molar-refractivity contribution in [3.05, 3.63) is 66.1 Å². The summed E-state index contributed by atoms with van der Waals surface area (Å²) >= 11 is 0. The highest BCUT2D eigenvalue weighted by Gasteiger charge is 2.11. The van der Waals surface area contributed by atoms with Gasteiger partial charge in [0.15, 0.2) is 0 Å². The van der Waals surface area contributed by atoms with E-state index in [1.807, 2.05) is 67.5 Å². The van der Waals surface area contributed by atoms with Crippen LogP contribution in [0.25, 0.3) is 0 Å². The molecule has 3 rings (SSSR count). The smallest absolute Gasteiger partial charge is 0.274 e. The van der Waals surface area contributed by atoms with Crippen molar-refractivity contribution < 1.29 is 9.53 Å². The summed E-state index contributed by atoms with van der Waals surface area (Å²) in [7, 11) is 5.55. The lowest BCUT2D eigenvalue weighted by Gasteiger charge is -2.13. The van der Waals surface area contributed by atoms with Gasteiger partial charge in [-0.2, -0.15) is 0 Å². The van der Waals surface area contributed by atoms with E-state index < -0.39 is 0 Å². The van der Waals surface area contributed by atoms with Crippen LogP contribution in [0.4, 0.5) is 22.9 Å². The fourth-order valence-corrected chi connectivity index (χ4v) is 2.63. The Morgan fingerprint density at radius 3 is 2.43 bits per heavy atom. The van der Waals surface area contributed by atoms with Crippen LogP contribution in [0.5, 0.6) is 5.75 Å². The first-order chi connectivity index (χ1) is 13.4. The highest BCUT2D eigenvalue weighted by atomic mass is 16.5. The number of amides is 1. The zero-order chi connectivity index (χ0) is 20.1. The number of benzene rings is 2. The van der Waals surface area contributed by atoms with Gasteiger partial charge in [-0.25, -0.2) is 9.97 Å². The summed E-state index contributed by atoms with van der Waals surface area (Å²) < 4.78 is 5.23. The molecule has 0 atom stereocenters. The third-order valence-corrected chi connectivity index (χ3v) is 4.05. The Labute approximate surface area is 164 Å². The Hall–Kier alpha value is -3.61. The predicted octanol–water partition coefficient (Wildman–Crippen LogP) is 3.86. The second-order valence-corrected chi connectivity index (χ2v) is 6.44. The second kappa shape index (κ2) is 8.39. The Morgan fingerprint density at radius 2 is 1.75 bits per heavy atom. The Balaban J connectivity index is 1.77. The molecule has 0 bridgehead atoms. The Morgan fingerprint density at radius 1 is 1.00 bits per heavy atom. The highest BCUT2D eigenvalue weighted by molar-refractivity contribution is 6.03. The molecule has 7 heteroatoms. The van der Waals surface area contributed by atoms with Gasteiger partial charge in [0, 0.05) is 43.3 Å². The number of ether oxygens (including phenoxy) is 1. The normalized spacial score (nSPS) is 10.3. The molecule has 1 aromatic heterocycles. The monoisotopic (exact) mass is 377 g/mol. The SMILES string of the molecule is COc1cccc(Nc2cc(C(=O)Nc3ccc(N(C)C)cc3)nc(C)n2)c1. The Bertz CT molecular complexity index is 971.